The van der Waals surface area contributed by atoms with E-state index in [2.05, 4.69) is 229 Å². The first kappa shape index (κ1) is 32.2. The first-order chi connectivity index (χ1) is 27.8. The van der Waals surface area contributed by atoms with E-state index in [1.165, 1.54) is 76.8 Å². The SMILES string of the molecule is c1ccc(C2(c3ccccc3)c3cccc(c3)N(c3ccc4ccccc4c3)c3ccc(-c4cccc5ccccc45)cc3-c3cccc4ccc2cc34)cc1. The van der Waals surface area contributed by atoms with Gasteiger partial charge in [0.05, 0.1) is 11.1 Å². The van der Waals surface area contributed by atoms with Gasteiger partial charge in [-0.05, 0) is 114 Å². The van der Waals surface area contributed by atoms with Gasteiger partial charge in [-0.1, -0.05) is 182 Å². The van der Waals surface area contributed by atoms with E-state index in [0.29, 0.717) is 0 Å². The number of benzene rings is 10. The third-order valence-corrected chi connectivity index (χ3v) is 11.9. The van der Waals surface area contributed by atoms with Crippen molar-refractivity contribution in [2.75, 3.05) is 4.90 Å². The highest BCUT2D eigenvalue weighted by atomic mass is 15.1. The topological polar surface area (TPSA) is 3.24 Å². The van der Waals surface area contributed by atoms with E-state index >= 15 is 0 Å². The van der Waals surface area contributed by atoms with Crippen LogP contribution >= 0.6 is 0 Å². The maximum Gasteiger partial charge on any atom is 0.0702 e. The van der Waals surface area contributed by atoms with Crippen molar-refractivity contribution in [2.45, 2.75) is 5.41 Å². The van der Waals surface area contributed by atoms with Gasteiger partial charge in [0.1, 0.15) is 0 Å². The molecule has 0 saturated heterocycles. The van der Waals surface area contributed by atoms with Gasteiger partial charge in [0.25, 0.3) is 0 Å². The van der Waals surface area contributed by atoms with Crippen molar-refractivity contribution in [3.05, 3.63) is 247 Å². The Bertz CT molecular complexity index is 3040. The van der Waals surface area contributed by atoms with Crippen molar-refractivity contribution in [1.82, 2.24) is 0 Å². The van der Waals surface area contributed by atoms with Crippen LogP contribution in [0.15, 0.2) is 224 Å². The Labute approximate surface area is 327 Å². The monoisotopic (exact) mass is 711 g/mol. The van der Waals surface area contributed by atoms with Crippen molar-refractivity contribution >= 4 is 49.4 Å². The molecule has 0 atom stereocenters. The van der Waals surface area contributed by atoms with Crippen LogP contribution in [0, 0.1) is 0 Å². The third kappa shape index (κ3) is 5.02. The van der Waals surface area contributed by atoms with Gasteiger partial charge in [-0.25, -0.2) is 0 Å². The minimum Gasteiger partial charge on any atom is -0.310 e. The molecule has 0 spiro atoms. The summed E-state index contributed by atoms with van der Waals surface area (Å²) in [6.07, 6.45) is 0. The summed E-state index contributed by atoms with van der Waals surface area (Å²) in [6, 6.07) is 83.3. The van der Waals surface area contributed by atoms with Crippen molar-refractivity contribution in [3.8, 4) is 22.3 Å². The van der Waals surface area contributed by atoms with Crippen molar-refractivity contribution in [2.24, 2.45) is 0 Å². The Morgan fingerprint density at radius 2 is 0.857 bits per heavy atom. The molecule has 10 aromatic rings. The molecule has 56 heavy (non-hydrogen) atoms. The molecule has 1 heterocycles. The fourth-order valence-electron chi connectivity index (χ4n) is 9.33. The van der Waals surface area contributed by atoms with Gasteiger partial charge >= 0.3 is 0 Å². The van der Waals surface area contributed by atoms with Crippen LogP contribution in [0.25, 0.3) is 54.6 Å². The molecule has 0 saturated carbocycles. The lowest BCUT2D eigenvalue weighted by molar-refractivity contribution is 0.746. The molecule has 0 fully saturated rings. The second-order valence-corrected chi connectivity index (χ2v) is 14.9. The zero-order chi connectivity index (χ0) is 37.1. The van der Waals surface area contributed by atoms with Crippen LogP contribution < -0.4 is 4.90 Å². The molecule has 11 rings (SSSR count). The lowest BCUT2D eigenvalue weighted by Gasteiger charge is -2.37. The minimum atomic E-state index is -0.598. The summed E-state index contributed by atoms with van der Waals surface area (Å²) in [7, 11) is 0. The maximum atomic E-state index is 2.48. The average molecular weight is 712 g/mol. The van der Waals surface area contributed by atoms with Gasteiger partial charge in [-0.15, -0.1) is 0 Å². The zero-order valence-electron chi connectivity index (χ0n) is 30.8. The van der Waals surface area contributed by atoms with Gasteiger partial charge < -0.3 is 4.90 Å². The fraction of sp³-hybridized carbons (Fsp3) is 0.0182. The summed E-state index contributed by atoms with van der Waals surface area (Å²) in [5.74, 6) is 0. The highest BCUT2D eigenvalue weighted by molar-refractivity contribution is 6.05. The minimum absolute atomic E-state index is 0.598. The van der Waals surface area contributed by atoms with Gasteiger partial charge in [0.15, 0.2) is 0 Å². The number of hydrogen-bond donors (Lipinski definition) is 0. The van der Waals surface area contributed by atoms with E-state index < -0.39 is 5.41 Å². The number of hydrogen-bond acceptors (Lipinski definition) is 1. The molecular weight excluding hydrogens is 675 g/mol. The van der Waals surface area contributed by atoms with E-state index in [0.717, 1.165) is 17.1 Å². The van der Waals surface area contributed by atoms with Crippen molar-refractivity contribution in [1.29, 1.82) is 0 Å². The number of fused-ring (bicyclic) bond motifs is 7. The Hall–Kier alpha value is -7.22. The Morgan fingerprint density at radius 3 is 1.64 bits per heavy atom. The molecule has 262 valence electrons. The maximum absolute atomic E-state index is 2.48. The number of anilines is 3. The predicted octanol–water partition coefficient (Wildman–Crippen LogP) is 14.6. The number of nitrogens with zero attached hydrogens (tertiary/aromatic N) is 1. The lowest BCUT2D eigenvalue weighted by atomic mass is 9.65. The molecule has 0 aliphatic carbocycles. The van der Waals surface area contributed by atoms with Crippen LogP contribution in [0.2, 0.25) is 0 Å². The molecule has 4 bridgehead atoms. The highest BCUT2D eigenvalue weighted by Gasteiger charge is 2.39. The molecule has 1 aliphatic heterocycles. The van der Waals surface area contributed by atoms with E-state index in [-0.39, 0.29) is 0 Å². The van der Waals surface area contributed by atoms with Crippen molar-refractivity contribution in [3.63, 3.8) is 0 Å². The summed E-state index contributed by atoms with van der Waals surface area (Å²) < 4.78 is 0. The molecular formula is C55H37N. The van der Waals surface area contributed by atoms with Crippen LogP contribution in [0.3, 0.4) is 0 Å². The van der Waals surface area contributed by atoms with Crippen molar-refractivity contribution < 1.29 is 0 Å². The standard InChI is InChI=1S/C55H37N/c1-3-19-43(20-4-1)55(44-21-5-2-6-22-44)45-23-13-24-47(36-45)56(48-32-29-38-14-7-8-16-41(38)34-48)54-33-30-42(50-26-11-17-39-15-9-10-25-49(39)50)35-53(54)51-27-12-18-40-28-31-46(55)37-52(40)51/h1-37H. The Kier molecular flexibility index (Phi) is 7.47. The Morgan fingerprint density at radius 1 is 0.286 bits per heavy atom. The molecule has 0 N–H and O–H groups in total. The normalized spacial score (nSPS) is 13.1. The van der Waals surface area contributed by atoms with Gasteiger partial charge in [-0.3, -0.25) is 0 Å². The van der Waals surface area contributed by atoms with Gasteiger partial charge in [0.2, 0.25) is 0 Å². The Balaban J connectivity index is 1.30. The summed E-state index contributed by atoms with van der Waals surface area (Å²) in [5.41, 5.74) is 12.5. The quantitative estimate of drug-likeness (QED) is 0.176. The van der Waals surface area contributed by atoms with E-state index in [1.54, 1.807) is 0 Å². The third-order valence-electron chi connectivity index (χ3n) is 11.9. The summed E-state index contributed by atoms with van der Waals surface area (Å²) in [6.45, 7) is 0. The highest BCUT2D eigenvalue weighted by Crippen LogP contribution is 2.51. The van der Waals surface area contributed by atoms with E-state index in [1.807, 2.05) is 0 Å². The fourth-order valence-corrected chi connectivity index (χ4v) is 9.33. The second-order valence-electron chi connectivity index (χ2n) is 14.9. The summed E-state index contributed by atoms with van der Waals surface area (Å²) in [5, 5.41) is 7.37. The molecule has 0 radical (unpaired) electrons. The molecule has 0 amide bonds. The van der Waals surface area contributed by atoms with Crippen LogP contribution in [0.4, 0.5) is 17.1 Å². The van der Waals surface area contributed by atoms with Crippen LogP contribution in [-0.2, 0) is 5.41 Å². The molecule has 0 unspecified atom stereocenters. The number of rotatable bonds is 4. The van der Waals surface area contributed by atoms with Gasteiger partial charge in [-0.2, -0.15) is 0 Å². The molecule has 10 aromatic carbocycles. The van der Waals surface area contributed by atoms with Crippen LogP contribution in [-0.4, -0.2) is 0 Å². The van der Waals surface area contributed by atoms with E-state index in [4.69, 9.17) is 0 Å². The zero-order valence-corrected chi connectivity index (χ0v) is 30.8. The molecule has 0 aromatic heterocycles. The summed E-state index contributed by atoms with van der Waals surface area (Å²) in [4.78, 5) is 2.48. The van der Waals surface area contributed by atoms with E-state index in [9.17, 15) is 0 Å². The van der Waals surface area contributed by atoms with Gasteiger partial charge in [0, 0.05) is 16.9 Å². The van der Waals surface area contributed by atoms with Crippen LogP contribution in [0.5, 0.6) is 0 Å². The lowest BCUT2D eigenvalue weighted by Crippen LogP contribution is -2.31. The predicted molar refractivity (Wildman–Crippen MR) is 236 cm³/mol. The molecule has 1 heteroatoms. The first-order valence-electron chi connectivity index (χ1n) is 19.4. The summed E-state index contributed by atoms with van der Waals surface area (Å²) >= 11 is 0. The van der Waals surface area contributed by atoms with Crippen LogP contribution in [0.1, 0.15) is 22.3 Å². The second kappa shape index (κ2) is 13.0. The molecule has 1 aliphatic rings. The largest absolute Gasteiger partial charge is 0.310 e. The first-order valence-corrected chi connectivity index (χ1v) is 19.4. The molecule has 1 nitrogen and oxygen atoms in total. The smallest absolute Gasteiger partial charge is 0.0702 e. The average Bonchev–Trinajstić information content (AvgIpc) is 3.28.